The molecular weight excluding hydrogens is 208 g/mol. The zero-order valence-electron chi connectivity index (χ0n) is 8.90. The third kappa shape index (κ3) is 2.89. The lowest BCUT2D eigenvalue weighted by atomic mass is 10.2. The van der Waals surface area contributed by atoms with E-state index >= 15 is 0 Å². The van der Waals surface area contributed by atoms with Crippen LogP contribution in [-0.4, -0.2) is 18.6 Å². The SMILES string of the molecule is C#CCCNc1ccc([N+](=O)[O-])c(OC)c1. The van der Waals surface area contributed by atoms with Crippen molar-refractivity contribution in [3.8, 4) is 18.1 Å². The molecule has 1 aromatic rings. The fraction of sp³-hybridized carbons (Fsp3) is 0.273. The molecule has 0 bridgehead atoms. The van der Waals surface area contributed by atoms with Crippen LogP contribution < -0.4 is 10.1 Å². The van der Waals surface area contributed by atoms with Gasteiger partial charge in [-0.2, -0.15) is 0 Å². The first kappa shape index (κ1) is 11.9. The molecule has 0 aliphatic rings. The molecule has 0 saturated carbocycles. The topological polar surface area (TPSA) is 64.4 Å². The summed E-state index contributed by atoms with van der Waals surface area (Å²) in [6.07, 6.45) is 5.71. The predicted octanol–water partition coefficient (Wildman–Crippen LogP) is 2.04. The number of nitro groups is 1. The summed E-state index contributed by atoms with van der Waals surface area (Å²) in [5.74, 6) is 2.73. The number of nitrogens with zero attached hydrogens (tertiary/aromatic N) is 1. The van der Waals surface area contributed by atoms with Gasteiger partial charge in [0.2, 0.25) is 0 Å². The number of benzene rings is 1. The number of anilines is 1. The minimum atomic E-state index is -0.482. The van der Waals surface area contributed by atoms with Crippen LogP contribution in [0.4, 0.5) is 11.4 Å². The summed E-state index contributed by atoms with van der Waals surface area (Å²) in [6.45, 7) is 0.622. The van der Waals surface area contributed by atoms with Crippen LogP contribution >= 0.6 is 0 Å². The molecule has 0 radical (unpaired) electrons. The van der Waals surface area contributed by atoms with Crippen LogP contribution in [0, 0.1) is 22.5 Å². The number of nitrogens with one attached hydrogen (secondary N) is 1. The van der Waals surface area contributed by atoms with E-state index in [1.165, 1.54) is 13.2 Å². The van der Waals surface area contributed by atoms with Crippen LogP contribution in [0.5, 0.6) is 5.75 Å². The summed E-state index contributed by atoms with van der Waals surface area (Å²) >= 11 is 0. The van der Waals surface area contributed by atoms with E-state index in [2.05, 4.69) is 11.2 Å². The van der Waals surface area contributed by atoms with Crippen LogP contribution in [0.15, 0.2) is 18.2 Å². The highest BCUT2D eigenvalue weighted by molar-refractivity contribution is 5.57. The van der Waals surface area contributed by atoms with E-state index < -0.39 is 4.92 Å². The first-order valence-corrected chi connectivity index (χ1v) is 4.68. The first-order valence-electron chi connectivity index (χ1n) is 4.68. The Bertz CT molecular complexity index is 424. The Morgan fingerprint density at radius 2 is 2.38 bits per heavy atom. The molecule has 0 amide bonds. The van der Waals surface area contributed by atoms with E-state index in [9.17, 15) is 10.1 Å². The fourth-order valence-corrected chi connectivity index (χ4v) is 1.22. The fourth-order valence-electron chi connectivity index (χ4n) is 1.22. The van der Waals surface area contributed by atoms with Gasteiger partial charge in [-0.25, -0.2) is 0 Å². The highest BCUT2D eigenvalue weighted by Crippen LogP contribution is 2.29. The second-order valence-electron chi connectivity index (χ2n) is 3.02. The molecule has 0 aliphatic heterocycles. The number of nitro benzene ring substituents is 1. The van der Waals surface area contributed by atoms with E-state index in [0.717, 1.165) is 5.69 Å². The summed E-state index contributed by atoms with van der Waals surface area (Å²) in [4.78, 5) is 10.1. The maximum atomic E-state index is 10.6. The van der Waals surface area contributed by atoms with Crippen molar-refractivity contribution in [2.75, 3.05) is 19.0 Å². The Morgan fingerprint density at radius 1 is 1.62 bits per heavy atom. The number of hydrogen-bond donors (Lipinski definition) is 1. The molecule has 0 aliphatic carbocycles. The quantitative estimate of drug-likeness (QED) is 0.357. The lowest BCUT2D eigenvalue weighted by Crippen LogP contribution is -2.01. The van der Waals surface area contributed by atoms with Crippen molar-refractivity contribution >= 4 is 11.4 Å². The van der Waals surface area contributed by atoms with E-state index in [-0.39, 0.29) is 11.4 Å². The Hall–Kier alpha value is -2.22. The summed E-state index contributed by atoms with van der Waals surface area (Å²) in [5, 5.41) is 13.7. The van der Waals surface area contributed by atoms with Gasteiger partial charge in [-0.05, 0) is 6.07 Å². The summed E-state index contributed by atoms with van der Waals surface area (Å²) in [6, 6.07) is 4.60. The minimum absolute atomic E-state index is 0.0509. The molecule has 0 aromatic heterocycles. The molecular formula is C11H12N2O3. The van der Waals surface area contributed by atoms with E-state index in [1.807, 2.05) is 0 Å². The van der Waals surface area contributed by atoms with Gasteiger partial charge in [0.1, 0.15) is 0 Å². The number of rotatable bonds is 5. The van der Waals surface area contributed by atoms with Gasteiger partial charge >= 0.3 is 5.69 Å². The molecule has 5 heteroatoms. The monoisotopic (exact) mass is 220 g/mol. The van der Waals surface area contributed by atoms with E-state index in [1.54, 1.807) is 12.1 Å². The van der Waals surface area contributed by atoms with Crippen molar-refractivity contribution in [2.24, 2.45) is 0 Å². The normalized spacial score (nSPS) is 9.25. The van der Waals surface area contributed by atoms with Gasteiger partial charge in [-0.15, -0.1) is 12.3 Å². The lowest BCUT2D eigenvalue weighted by Gasteiger charge is -2.06. The van der Waals surface area contributed by atoms with Crippen LogP contribution in [0.3, 0.4) is 0 Å². The maximum Gasteiger partial charge on any atom is 0.311 e. The smallest absolute Gasteiger partial charge is 0.311 e. The first-order chi connectivity index (χ1) is 7.69. The maximum absolute atomic E-state index is 10.6. The molecule has 0 fully saturated rings. The second-order valence-corrected chi connectivity index (χ2v) is 3.02. The highest BCUT2D eigenvalue weighted by Gasteiger charge is 2.14. The van der Waals surface area contributed by atoms with Gasteiger partial charge in [-0.3, -0.25) is 10.1 Å². The van der Waals surface area contributed by atoms with Gasteiger partial charge in [0.25, 0.3) is 0 Å². The van der Waals surface area contributed by atoms with Gasteiger partial charge in [0.15, 0.2) is 5.75 Å². The van der Waals surface area contributed by atoms with Gasteiger partial charge < -0.3 is 10.1 Å². The van der Waals surface area contributed by atoms with Crippen LogP contribution in [-0.2, 0) is 0 Å². The van der Waals surface area contributed by atoms with Crippen LogP contribution in [0.2, 0.25) is 0 Å². The molecule has 0 heterocycles. The third-order valence-corrected chi connectivity index (χ3v) is 1.97. The molecule has 0 spiro atoms. The van der Waals surface area contributed by atoms with Crippen molar-refractivity contribution in [2.45, 2.75) is 6.42 Å². The van der Waals surface area contributed by atoms with Crippen molar-refractivity contribution in [3.05, 3.63) is 28.3 Å². The summed E-state index contributed by atoms with van der Waals surface area (Å²) in [7, 11) is 1.40. The zero-order chi connectivity index (χ0) is 12.0. The molecule has 1 aromatic carbocycles. The van der Waals surface area contributed by atoms with Crippen molar-refractivity contribution in [1.82, 2.24) is 0 Å². The average Bonchev–Trinajstić information content (AvgIpc) is 2.29. The molecule has 0 saturated heterocycles. The van der Waals surface area contributed by atoms with E-state index in [4.69, 9.17) is 11.2 Å². The number of methoxy groups -OCH3 is 1. The van der Waals surface area contributed by atoms with Crippen LogP contribution in [0.25, 0.3) is 0 Å². The summed E-state index contributed by atoms with van der Waals surface area (Å²) in [5.41, 5.74) is 0.697. The molecule has 5 nitrogen and oxygen atoms in total. The molecule has 0 unspecified atom stereocenters. The molecule has 84 valence electrons. The minimum Gasteiger partial charge on any atom is -0.490 e. The van der Waals surface area contributed by atoms with Crippen molar-refractivity contribution < 1.29 is 9.66 Å². The van der Waals surface area contributed by atoms with Gasteiger partial charge in [-0.1, -0.05) is 0 Å². The summed E-state index contributed by atoms with van der Waals surface area (Å²) < 4.78 is 4.93. The largest absolute Gasteiger partial charge is 0.490 e. The Balaban J connectivity index is 2.83. The van der Waals surface area contributed by atoms with Gasteiger partial charge in [0.05, 0.1) is 12.0 Å². The molecule has 16 heavy (non-hydrogen) atoms. The Labute approximate surface area is 93.6 Å². The van der Waals surface area contributed by atoms with E-state index in [0.29, 0.717) is 13.0 Å². The number of terminal acetylenes is 1. The van der Waals surface area contributed by atoms with Gasteiger partial charge in [0, 0.05) is 30.8 Å². The highest BCUT2D eigenvalue weighted by atomic mass is 16.6. The molecule has 1 rings (SSSR count). The molecule has 0 atom stereocenters. The number of ether oxygens (including phenoxy) is 1. The third-order valence-electron chi connectivity index (χ3n) is 1.97. The predicted molar refractivity (Wildman–Crippen MR) is 61.6 cm³/mol. The average molecular weight is 220 g/mol. The Kier molecular flexibility index (Phi) is 4.16. The molecule has 1 N–H and O–H groups in total. The second kappa shape index (κ2) is 5.61. The van der Waals surface area contributed by atoms with Crippen molar-refractivity contribution in [1.29, 1.82) is 0 Å². The van der Waals surface area contributed by atoms with Crippen LogP contribution in [0.1, 0.15) is 6.42 Å². The zero-order valence-corrected chi connectivity index (χ0v) is 8.90. The number of hydrogen-bond acceptors (Lipinski definition) is 4. The Morgan fingerprint density at radius 3 is 2.94 bits per heavy atom. The lowest BCUT2D eigenvalue weighted by molar-refractivity contribution is -0.385. The van der Waals surface area contributed by atoms with Crippen molar-refractivity contribution in [3.63, 3.8) is 0 Å². The standard InChI is InChI=1S/C11H12N2O3/c1-3-4-7-12-9-5-6-10(13(14)15)11(8-9)16-2/h1,5-6,8,12H,4,7H2,2H3.